The first-order valence-electron chi connectivity index (χ1n) is 8.74. The Labute approximate surface area is 170 Å². The summed E-state index contributed by atoms with van der Waals surface area (Å²) in [5.74, 6) is 0.455. The number of anilines is 2. The number of nitrogens with one attached hydrogen (secondary N) is 2. The molecule has 144 valence electrons. The number of benzene rings is 2. The van der Waals surface area contributed by atoms with Crippen LogP contribution >= 0.6 is 22.9 Å². The van der Waals surface area contributed by atoms with E-state index in [1.807, 2.05) is 35.9 Å². The largest absolute Gasteiger partial charge is 0.396 e. The first-order chi connectivity index (χ1) is 13.5. The van der Waals surface area contributed by atoms with E-state index in [9.17, 15) is 4.79 Å². The molecule has 0 atom stereocenters. The maximum atomic E-state index is 12.2. The number of aromatic nitrogens is 3. The molecule has 2 aromatic carbocycles. The number of aliphatic hydroxyl groups excluding tert-OH is 1. The zero-order valence-electron chi connectivity index (χ0n) is 15.1. The average Bonchev–Trinajstić information content (AvgIpc) is 3.21. The van der Waals surface area contributed by atoms with Crippen molar-refractivity contribution in [3.8, 4) is 0 Å². The van der Waals surface area contributed by atoms with Crippen LogP contribution in [-0.4, -0.2) is 38.7 Å². The lowest BCUT2D eigenvalue weighted by atomic mass is 10.2. The molecule has 2 heterocycles. The Balaban J connectivity index is 1.60. The molecule has 7 nitrogen and oxygen atoms in total. The lowest BCUT2D eigenvalue weighted by Gasteiger charge is -2.04. The number of hydrogen-bond donors (Lipinski definition) is 3. The van der Waals surface area contributed by atoms with Crippen LogP contribution in [0.4, 0.5) is 11.1 Å². The molecule has 9 heteroatoms. The molecule has 2 aromatic heterocycles. The molecule has 0 fully saturated rings. The van der Waals surface area contributed by atoms with E-state index >= 15 is 0 Å². The zero-order chi connectivity index (χ0) is 19.7. The van der Waals surface area contributed by atoms with Crippen LogP contribution in [0.1, 0.15) is 16.8 Å². The summed E-state index contributed by atoms with van der Waals surface area (Å²) in [5, 5.41) is 16.2. The van der Waals surface area contributed by atoms with Crippen molar-refractivity contribution < 1.29 is 9.90 Å². The highest BCUT2D eigenvalue weighted by molar-refractivity contribution is 7.22. The second-order valence-electron chi connectivity index (χ2n) is 6.29. The third kappa shape index (κ3) is 3.66. The second-order valence-corrected chi connectivity index (χ2v) is 7.75. The molecule has 0 saturated carbocycles. The minimum Gasteiger partial charge on any atom is -0.396 e. The van der Waals surface area contributed by atoms with Crippen LogP contribution in [0.15, 0.2) is 36.4 Å². The Bertz CT molecular complexity index is 1170. The molecular weight excluding hydrogens is 398 g/mol. The van der Waals surface area contributed by atoms with E-state index in [2.05, 4.69) is 20.6 Å². The molecule has 1 amide bonds. The van der Waals surface area contributed by atoms with Crippen LogP contribution in [0.3, 0.4) is 0 Å². The Kier molecular flexibility index (Phi) is 5.17. The Hall–Kier alpha value is -2.68. The van der Waals surface area contributed by atoms with E-state index in [0.29, 0.717) is 35.0 Å². The molecule has 0 spiro atoms. The predicted octanol–water partition coefficient (Wildman–Crippen LogP) is 3.69. The number of halogens is 1. The SMILES string of the molecule is Cn1c(Nc2nc3ccc(Cl)cc3s2)nc2cc(C(=O)NCCCO)ccc21. The average molecular weight is 416 g/mol. The van der Waals surface area contributed by atoms with Gasteiger partial charge in [-0.3, -0.25) is 4.79 Å². The number of nitrogens with zero attached hydrogens (tertiary/aromatic N) is 3. The Morgan fingerprint density at radius 1 is 1.21 bits per heavy atom. The number of rotatable bonds is 6. The molecule has 4 rings (SSSR count). The number of imidazole rings is 1. The van der Waals surface area contributed by atoms with Gasteiger partial charge in [-0.25, -0.2) is 9.97 Å². The summed E-state index contributed by atoms with van der Waals surface area (Å²) in [4.78, 5) is 21.4. The normalized spacial score (nSPS) is 11.2. The standard InChI is InChI=1S/C19H18ClN5O2S/c1-25-15-6-3-11(17(27)21-7-2-8-26)9-14(15)22-18(25)24-19-23-13-5-4-12(20)10-16(13)28-19/h3-6,9-10,26H,2,7-8H2,1H3,(H,21,27)(H,22,23,24). The van der Waals surface area contributed by atoms with E-state index in [-0.39, 0.29) is 12.5 Å². The highest BCUT2D eigenvalue weighted by atomic mass is 35.5. The summed E-state index contributed by atoms with van der Waals surface area (Å²) in [7, 11) is 1.91. The number of aryl methyl sites for hydroxylation is 1. The summed E-state index contributed by atoms with van der Waals surface area (Å²) in [6, 6.07) is 11.0. The van der Waals surface area contributed by atoms with Gasteiger partial charge in [-0.2, -0.15) is 0 Å². The monoisotopic (exact) mass is 415 g/mol. The van der Waals surface area contributed by atoms with Gasteiger partial charge in [0.1, 0.15) is 0 Å². The molecule has 0 bridgehead atoms. The van der Waals surface area contributed by atoms with E-state index in [1.54, 1.807) is 12.1 Å². The fourth-order valence-corrected chi connectivity index (χ4v) is 4.02. The first-order valence-corrected chi connectivity index (χ1v) is 9.93. The second kappa shape index (κ2) is 7.75. The van der Waals surface area contributed by atoms with Crippen molar-refractivity contribution in [1.29, 1.82) is 0 Å². The fourth-order valence-electron chi connectivity index (χ4n) is 2.88. The molecule has 0 saturated heterocycles. The van der Waals surface area contributed by atoms with Crippen molar-refractivity contribution >= 4 is 61.2 Å². The molecular formula is C19H18ClN5O2S. The predicted molar refractivity (Wildman–Crippen MR) is 113 cm³/mol. The number of hydrogen-bond acceptors (Lipinski definition) is 6. The van der Waals surface area contributed by atoms with Crippen molar-refractivity contribution in [3.63, 3.8) is 0 Å². The van der Waals surface area contributed by atoms with Crippen LogP contribution < -0.4 is 10.6 Å². The van der Waals surface area contributed by atoms with Crippen LogP contribution in [-0.2, 0) is 7.05 Å². The molecule has 0 aliphatic heterocycles. The Morgan fingerprint density at radius 3 is 2.89 bits per heavy atom. The van der Waals surface area contributed by atoms with Gasteiger partial charge in [-0.05, 0) is 42.8 Å². The van der Waals surface area contributed by atoms with Gasteiger partial charge in [0.25, 0.3) is 5.91 Å². The van der Waals surface area contributed by atoms with Crippen LogP contribution in [0.2, 0.25) is 5.02 Å². The summed E-state index contributed by atoms with van der Waals surface area (Å²) in [6.07, 6.45) is 0.527. The van der Waals surface area contributed by atoms with Crippen LogP contribution in [0.25, 0.3) is 21.3 Å². The number of carbonyl (C=O) groups excluding carboxylic acids is 1. The van der Waals surface area contributed by atoms with Gasteiger partial charge in [0.05, 0.1) is 21.3 Å². The van der Waals surface area contributed by atoms with Crippen molar-refractivity contribution in [2.75, 3.05) is 18.5 Å². The molecule has 0 aliphatic rings. The highest BCUT2D eigenvalue weighted by Gasteiger charge is 2.13. The van der Waals surface area contributed by atoms with Crippen LogP contribution in [0, 0.1) is 0 Å². The third-order valence-electron chi connectivity index (χ3n) is 4.33. The number of aliphatic hydroxyl groups is 1. The van der Waals surface area contributed by atoms with Gasteiger partial charge in [0.2, 0.25) is 5.95 Å². The summed E-state index contributed by atoms with van der Waals surface area (Å²) in [6.45, 7) is 0.483. The molecule has 0 radical (unpaired) electrons. The highest BCUT2D eigenvalue weighted by Crippen LogP contribution is 2.30. The number of fused-ring (bicyclic) bond motifs is 2. The van der Waals surface area contributed by atoms with E-state index in [1.165, 1.54) is 11.3 Å². The smallest absolute Gasteiger partial charge is 0.251 e. The summed E-state index contributed by atoms with van der Waals surface area (Å²) in [5.41, 5.74) is 3.02. The third-order valence-corrected chi connectivity index (χ3v) is 5.50. The molecule has 0 unspecified atom stereocenters. The van der Waals surface area contributed by atoms with Gasteiger partial charge in [0.15, 0.2) is 5.13 Å². The summed E-state index contributed by atoms with van der Waals surface area (Å²) >= 11 is 7.54. The number of carbonyl (C=O) groups is 1. The van der Waals surface area contributed by atoms with Gasteiger partial charge in [-0.15, -0.1) is 0 Å². The zero-order valence-corrected chi connectivity index (χ0v) is 16.6. The number of thiazole rings is 1. The van der Waals surface area contributed by atoms with E-state index < -0.39 is 0 Å². The molecule has 3 N–H and O–H groups in total. The van der Waals surface area contributed by atoms with Crippen molar-refractivity contribution in [3.05, 3.63) is 47.0 Å². The van der Waals surface area contributed by atoms with Crippen LogP contribution in [0.5, 0.6) is 0 Å². The molecule has 4 aromatic rings. The quantitative estimate of drug-likeness (QED) is 0.418. The van der Waals surface area contributed by atoms with E-state index in [4.69, 9.17) is 16.7 Å². The molecule has 0 aliphatic carbocycles. The number of amides is 1. The topological polar surface area (TPSA) is 92.1 Å². The van der Waals surface area contributed by atoms with Crippen molar-refractivity contribution in [2.24, 2.45) is 7.05 Å². The summed E-state index contributed by atoms with van der Waals surface area (Å²) < 4.78 is 2.91. The lowest BCUT2D eigenvalue weighted by Crippen LogP contribution is -2.24. The van der Waals surface area contributed by atoms with Gasteiger partial charge in [-0.1, -0.05) is 22.9 Å². The minimum absolute atomic E-state index is 0.0482. The van der Waals surface area contributed by atoms with Gasteiger partial charge < -0.3 is 20.3 Å². The van der Waals surface area contributed by atoms with Gasteiger partial charge in [0, 0.05) is 30.8 Å². The van der Waals surface area contributed by atoms with Gasteiger partial charge >= 0.3 is 0 Å². The van der Waals surface area contributed by atoms with Crippen molar-refractivity contribution in [1.82, 2.24) is 19.9 Å². The van der Waals surface area contributed by atoms with E-state index in [0.717, 1.165) is 20.9 Å². The molecule has 28 heavy (non-hydrogen) atoms. The van der Waals surface area contributed by atoms with Crippen molar-refractivity contribution in [2.45, 2.75) is 6.42 Å². The lowest BCUT2D eigenvalue weighted by molar-refractivity contribution is 0.0951. The Morgan fingerprint density at radius 2 is 2.07 bits per heavy atom. The maximum absolute atomic E-state index is 12.2. The first kappa shape index (κ1) is 18.7. The minimum atomic E-state index is -0.182. The maximum Gasteiger partial charge on any atom is 0.251 e. The fraction of sp³-hybridized carbons (Fsp3) is 0.211.